The van der Waals surface area contributed by atoms with Crippen molar-refractivity contribution in [3.63, 3.8) is 0 Å². The molecule has 5 aromatic carbocycles. The quantitative estimate of drug-likeness (QED) is 0.166. The highest BCUT2D eigenvalue weighted by Crippen LogP contribution is 2.34. The fourth-order valence-corrected chi connectivity index (χ4v) is 4.35. The maximum atomic E-state index is 2.38. The fourth-order valence-electron chi connectivity index (χ4n) is 4.35. The van der Waals surface area contributed by atoms with Gasteiger partial charge in [0.05, 0.1) is 0 Å². The van der Waals surface area contributed by atoms with E-state index in [0.29, 0.717) is 0 Å². The number of rotatable bonds is 4. The minimum Gasteiger partial charge on any atom is -0.0683 e. The Morgan fingerprint density at radius 2 is 1.14 bits per heavy atom. The van der Waals surface area contributed by atoms with E-state index in [-0.39, 0.29) is 0 Å². The van der Waals surface area contributed by atoms with E-state index in [9.17, 15) is 0 Å². The molecule has 0 spiro atoms. The highest BCUT2D eigenvalue weighted by Gasteiger charge is 2.07. The Labute approximate surface area is 174 Å². The van der Waals surface area contributed by atoms with Crippen LogP contribution in [0.4, 0.5) is 0 Å². The molecule has 0 amide bonds. The fraction of sp³-hybridized carbons (Fsp3) is 0.241. The largest absolute Gasteiger partial charge is 0.0683 e. The first-order valence-electron chi connectivity index (χ1n) is 11.1. The van der Waals surface area contributed by atoms with Crippen LogP contribution >= 0.6 is 0 Å². The van der Waals surface area contributed by atoms with Crippen LogP contribution in [-0.4, -0.2) is 0 Å². The minimum absolute atomic E-state index is 1.19. The molecule has 0 heterocycles. The molecule has 0 aliphatic carbocycles. The van der Waals surface area contributed by atoms with Crippen LogP contribution in [0.3, 0.4) is 0 Å². The summed E-state index contributed by atoms with van der Waals surface area (Å²) < 4.78 is 0. The lowest BCUT2D eigenvalue weighted by molar-refractivity contribution is 0.718. The smallest absolute Gasteiger partial charge is 0.00987 e. The zero-order valence-electron chi connectivity index (χ0n) is 17.8. The van der Waals surface area contributed by atoms with E-state index in [1.54, 1.807) is 0 Å². The van der Waals surface area contributed by atoms with Crippen molar-refractivity contribution in [2.45, 2.75) is 46.5 Å². The van der Waals surface area contributed by atoms with Gasteiger partial charge in [0.25, 0.3) is 0 Å². The summed E-state index contributed by atoms with van der Waals surface area (Å²) in [7, 11) is 0. The van der Waals surface area contributed by atoms with Gasteiger partial charge in [-0.25, -0.2) is 0 Å². The highest BCUT2D eigenvalue weighted by atomic mass is 14.1. The highest BCUT2D eigenvalue weighted by molar-refractivity contribution is 6.19. The van der Waals surface area contributed by atoms with Gasteiger partial charge in [0.2, 0.25) is 0 Å². The maximum absolute atomic E-state index is 2.38. The van der Waals surface area contributed by atoms with E-state index in [1.807, 2.05) is 13.8 Å². The Bertz CT molecular complexity index is 1280. The van der Waals surface area contributed by atoms with Crippen molar-refractivity contribution in [2.75, 3.05) is 0 Å². The molecule has 29 heavy (non-hydrogen) atoms. The molecule has 0 saturated heterocycles. The molecule has 0 aliphatic heterocycles. The summed E-state index contributed by atoms with van der Waals surface area (Å²) in [5.74, 6) is 0. The molecule has 0 fully saturated rings. The van der Waals surface area contributed by atoms with E-state index in [1.165, 1.54) is 74.3 Å². The van der Waals surface area contributed by atoms with E-state index in [2.05, 4.69) is 85.8 Å². The van der Waals surface area contributed by atoms with E-state index < -0.39 is 0 Å². The first-order valence-corrected chi connectivity index (χ1v) is 11.1. The Morgan fingerprint density at radius 3 is 1.86 bits per heavy atom. The van der Waals surface area contributed by atoms with Gasteiger partial charge in [-0.15, -0.1) is 0 Å². The van der Waals surface area contributed by atoms with E-state index >= 15 is 0 Å². The molecule has 0 bridgehead atoms. The second-order valence-corrected chi connectivity index (χ2v) is 7.66. The molecule has 0 unspecified atom stereocenters. The number of hydrogen-bond donors (Lipinski definition) is 0. The van der Waals surface area contributed by atoms with Crippen LogP contribution in [-0.2, 0) is 6.42 Å². The second kappa shape index (κ2) is 8.66. The summed E-state index contributed by atoms with van der Waals surface area (Å²) in [6.45, 7) is 6.26. The SMILES string of the molecule is CC.CCCCCc1ccc2c(ccc3c4cc5ccccc5cc4ccc23)c1. The maximum Gasteiger partial charge on any atom is -0.00987 e. The van der Waals surface area contributed by atoms with Gasteiger partial charge in [0, 0.05) is 0 Å². The lowest BCUT2D eigenvalue weighted by atomic mass is 9.94. The van der Waals surface area contributed by atoms with Gasteiger partial charge >= 0.3 is 0 Å². The lowest BCUT2D eigenvalue weighted by Crippen LogP contribution is -1.87. The monoisotopic (exact) mass is 378 g/mol. The van der Waals surface area contributed by atoms with Gasteiger partial charge < -0.3 is 0 Å². The summed E-state index contributed by atoms with van der Waals surface area (Å²) in [4.78, 5) is 0. The average Bonchev–Trinajstić information content (AvgIpc) is 2.78. The molecule has 0 heteroatoms. The molecule has 0 N–H and O–H groups in total. The molecule has 0 nitrogen and oxygen atoms in total. The van der Waals surface area contributed by atoms with Crippen LogP contribution in [0.2, 0.25) is 0 Å². The topological polar surface area (TPSA) is 0 Å². The van der Waals surface area contributed by atoms with Crippen molar-refractivity contribution in [1.29, 1.82) is 0 Å². The normalized spacial score (nSPS) is 11.1. The van der Waals surface area contributed by atoms with Crippen molar-refractivity contribution in [3.8, 4) is 0 Å². The van der Waals surface area contributed by atoms with Crippen molar-refractivity contribution in [3.05, 3.63) is 84.4 Å². The number of unbranched alkanes of at least 4 members (excludes halogenated alkanes) is 2. The third-order valence-electron chi connectivity index (χ3n) is 5.83. The molecule has 0 radical (unpaired) electrons. The predicted octanol–water partition coefficient (Wildman–Crippen LogP) is 9.06. The number of benzene rings is 5. The van der Waals surface area contributed by atoms with Crippen molar-refractivity contribution in [2.24, 2.45) is 0 Å². The molecule has 5 aromatic rings. The van der Waals surface area contributed by atoms with Gasteiger partial charge in [-0.3, -0.25) is 0 Å². The van der Waals surface area contributed by atoms with Crippen LogP contribution in [0.5, 0.6) is 0 Å². The summed E-state index contributed by atoms with van der Waals surface area (Å²) in [5.41, 5.74) is 1.46. The summed E-state index contributed by atoms with van der Waals surface area (Å²) in [5, 5.41) is 10.7. The lowest BCUT2D eigenvalue weighted by Gasteiger charge is -2.10. The molecule has 0 aliphatic rings. The standard InChI is InChI=1S/C27H24.C2H6/c1-2-3-4-7-19-10-13-24-22(16-19)11-15-26-25(24)14-12-23-17-20-8-5-6-9-21(20)18-27(23)26;1-2/h5-6,8-18H,2-4,7H2,1H3;1-2H3. The minimum atomic E-state index is 1.19. The summed E-state index contributed by atoms with van der Waals surface area (Å²) >= 11 is 0. The van der Waals surface area contributed by atoms with Gasteiger partial charge in [-0.2, -0.15) is 0 Å². The average molecular weight is 379 g/mol. The first-order chi connectivity index (χ1) is 14.3. The van der Waals surface area contributed by atoms with E-state index in [4.69, 9.17) is 0 Å². The molecule has 0 atom stereocenters. The van der Waals surface area contributed by atoms with Gasteiger partial charge in [0.15, 0.2) is 0 Å². The second-order valence-electron chi connectivity index (χ2n) is 7.66. The molecule has 0 aromatic heterocycles. The Hall–Kier alpha value is -2.86. The predicted molar refractivity (Wildman–Crippen MR) is 131 cm³/mol. The van der Waals surface area contributed by atoms with Crippen LogP contribution in [0, 0.1) is 0 Å². The number of fused-ring (bicyclic) bond motifs is 6. The number of aryl methyl sites for hydroxylation is 1. The third kappa shape index (κ3) is 3.72. The first kappa shape index (κ1) is 19.5. The molecule has 0 saturated carbocycles. The zero-order valence-corrected chi connectivity index (χ0v) is 17.8. The van der Waals surface area contributed by atoms with Crippen LogP contribution < -0.4 is 0 Å². The Morgan fingerprint density at radius 1 is 0.517 bits per heavy atom. The Kier molecular flexibility index (Phi) is 5.81. The van der Waals surface area contributed by atoms with Gasteiger partial charge in [-0.1, -0.05) is 100 Å². The number of hydrogen-bond acceptors (Lipinski definition) is 0. The molecular formula is C29H30. The Balaban J connectivity index is 0.000000994. The molecule has 146 valence electrons. The summed E-state index contributed by atoms with van der Waals surface area (Å²) in [6, 6.07) is 29.5. The van der Waals surface area contributed by atoms with Crippen LogP contribution in [0.15, 0.2) is 78.9 Å². The van der Waals surface area contributed by atoms with Gasteiger partial charge in [0.1, 0.15) is 0 Å². The van der Waals surface area contributed by atoms with Crippen molar-refractivity contribution in [1.82, 2.24) is 0 Å². The molecule has 5 rings (SSSR count). The van der Waals surface area contributed by atoms with Crippen molar-refractivity contribution >= 4 is 43.1 Å². The van der Waals surface area contributed by atoms with Crippen molar-refractivity contribution < 1.29 is 0 Å². The van der Waals surface area contributed by atoms with Crippen LogP contribution in [0.25, 0.3) is 43.1 Å². The molecular weight excluding hydrogens is 348 g/mol. The third-order valence-corrected chi connectivity index (χ3v) is 5.83. The zero-order chi connectivity index (χ0) is 20.2. The summed E-state index contributed by atoms with van der Waals surface area (Å²) in [6.07, 6.45) is 5.06. The van der Waals surface area contributed by atoms with Gasteiger partial charge in [-0.05, 0) is 73.6 Å². The van der Waals surface area contributed by atoms with E-state index in [0.717, 1.165) is 0 Å². The van der Waals surface area contributed by atoms with Crippen LogP contribution in [0.1, 0.15) is 45.6 Å².